The Bertz CT molecular complexity index is 1650. The predicted octanol–water partition coefficient (Wildman–Crippen LogP) is 4.38. The fourth-order valence-electron chi connectivity index (χ4n) is 5.68. The molecule has 18 heteroatoms. The van der Waals surface area contributed by atoms with Gasteiger partial charge in [-0.3, -0.25) is 19.2 Å². The molecule has 1 N–H and O–H groups in total. The van der Waals surface area contributed by atoms with Gasteiger partial charge in [0.25, 0.3) is 5.91 Å². The zero-order chi connectivity index (χ0) is 40.8. The summed E-state index contributed by atoms with van der Waals surface area (Å²) in [5.74, 6) is -2.99. The molecule has 4 rings (SSSR count). The van der Waals surface area contributed by atoms with Crippen molar-refractivity contribution in [3.8, 4) is 11.4 Å². The third-order valence-electron chi connectivity index (χ3n) is 9.13. The number of carbonyl (C=O) groups excluding carboxylic acids is 5. The SMILES string of the molecule is CCCCOC(=O)N1CCN(C(=O)[C@H](CC[P+](=O)OC(OC(=O)C(C)C)OC(=O)C(C)C)NC(=O)c2cc(N3CC[C@H](OC)C3)nc(-c3ccccc3)n2)CC1. The molecule has 0 radical (unpaired) electrons. The van der Waals surface area contributed by atoms with E-state index in [-0.39, 0.29) is 50.6 Å². The lowest BCUT2D eigenvalue weighted by Crippen LogP contribution is -2.56. The van der Waals surface area contributed by atoms with Crippen LogP contribution < -0.4 is 10.2 Å². The second-order valence-corrected chi connectivity index (χ2v) is 15.4. The number of anilines is 1. The summed E-state index contributed by atoms with van der Waals surface area (Å²) in [5.41, 5.74) is 0.693. The van der Waals surface area contributed by atoms with Gasteiger partial charge in [-0.05, 0) is 17.4 Å². The van der Waals surface area contributed by atoms with E-state index in [1.165, 1.54) is 9.80 Å². The van der Waals surface area contributed by atoms with Crippen molar-refractivity contribution in [1.29, 1.82) is 0 Å². The third kappa shape index (κ3) is 12.9. The number of aromatic nitrogens is 2. The van der Waals surface area contributed by atoms with Crippen LogP contribution in [0.15, 0.2) is 36.4 Å². The molecule has 2 saturated heterocycles. The molecule has 3 amide bonds. The molecular weight excluding hydrogens is 747 g/mol. The number of piperazine rings is 1. The zero-order valence-corrected chi connectivity index (χ0v) is 33.9. The van der Waals surface area contributed by atoms with Crippen molar-refractivity contribution in [2.75, 3.05) is 64.0 Å². The lowest BCUT2D eigenvalue weighted by molar-refractivity contribution is -0.238. The maximum Gasteiger partial charge on any atom is 0.515 e. The van der Waals surface area contributed by atoms with Crippen LogP contribution in [-0.2, 0) is 42.4 Å². The molecule has 306 valence electrons. The van der Waals surface area contributed by atoms with Crippen LogP contribution in [0.25, 0.3) is 11.4 Å². The van der Waals surface area contributed by atoms with Gasteiger partial charge in [0.1, 0.15) is 17.6 Å². The normalized spacial score (nSPS) is 16.6. The highest BCUT2D eigenvalue weighted by atomic mass is 31.1. The van der Waals surface area contributed by atoms with Crippen LogP contribution in [0.1, 0.15) is 70.8 Å². The highest BCUT2D eigenvalue weighted by Crippen LogP contribution is 2.29. The number of unbranched alkanes of at least 4 members (excludes halogenated alkanes) is 1. The van der Waals surface area contributed by atoms with Crippen LogP contribution in [0.4, 0.5) is 10.6 Å². The van der Waals surface area contributed by atoms with Gasteiger partial charge in [0, 0.05) is 64.4 Å². The van der Waals surface area contributed by atoms with Gasteiger partial charge in [-0.15, -0.1) is 0 Å². The van der Waals surface area contributed by atoms with Gasteiger partial charge in [-0.1, -0.05) is 75.9 Å². The Balaban J connectivity index is 1.56. The first-order valence-electron chi connectivity index (χ1n) is 19.1. The second kappa shape index (κ2) is 21.5. The van der Waals surface area contributed by atoms with Crippen molar-refractivity contribution in [3.05, 3.63) is 42.1 Å². The van der Waals surface area contributed by atoms with Crippen molar-refractivity contribution < 1.29 is 52.0 Å². The van der Waals surface area contributed by atoms with Crippen LogP contribution in [0.2, 0.25) is 0 Å². The predicted molar refractivity (Wildman–Crippen MR) is 205 cm³/mol. The van der Waals surface area contributed by atoms with Gasteiger partial charge in [0.05, 0.1) is 24.5 Å². The summed E-state index contributed by atoms with van der Waals surface area (Å²) in [4.78, 5) is 79.7. The average molecular weight is 802 g/mol. The molecule has 0 saturated carbocycles. The summed E-state index contributed by atoms with van der Waals surface area (Å²) < 4.78 is 39.9. The van der Waals surface area contributed by atoms with Gasteiger partial charge in [-0.25, -0.2) is 14.8 Å². The standard InChI is InChI=1S/C38H53N6O11P/c1-7-8-21-52-37(49)43-19-17-42(18-20-43)34(46)29(15-22-56(50)55-38(53-35(47)25(2)3)54-36(48)26(4)5)40-33(45)30-23-31(44-16-14-28(24-44)51-6)41-32(39-30)27-12-10-9-11-13-27/h9-13,23,25-26,28-29,38H,7-8,14-22,24H2,1-6H3/p+1/t28-,29-/m0/s1. The van der Waals surface area contributed by atoms with Crippen LogP contribution in [-0.4, -0.2) is 127 Å². The minimum atomic E-state index is -2.69. The number of ether oxygens (including phenoxy) is 4. The molecule has 2 fully saturated rings. The third-order valence-corrected chi connectivity index (χ3v) is 10.2. The molecule has 1 aromatic carbocycles. The van der Waals surface area contributed by atoms with Crippen LogP contribution in [0.5, 0.6) is 0 Å². The van der Waals surface area contributed by atoms with Crippen molar-refractivity contribution in [2.24, 2.45) is 11.8 Å². The summed E-state index contributed by atoms with van der Waals surface area (Å²) in [6.45, 7) is 8.69. The van der Waals surface area contributed by atoms with E-state index >= 15 is 0 Å². The lowest BCUT2D eigenvalue weighted by Gasteiger charge is -2.35. The fourth-order valence-corrected chi connectivity index (χ4v) is 6.54. The van der Waals surface area contributed by atoms with Gasteiger partial charge >= 0.3 is 32.5 Å². The van der Waals surface area contributed by atoms with Gasteiger partial charge in [0.15, 0.2) is 12.0 Å². The van der Waals surface area contributed by atoms with Gasteiger partial charge in [-0.2, -0.15) is 0 Å². The number of hydrogen-bond donors (Lipinski definition) is 1. The first-order chi connectivity index (χ1) is 26.8. The molecule has 0 aliphatic carbocycles. The second-order valence-electron chi connectivity index (χ2n) is 14.1. The number of esters is 2. The minimum Gasteiger partial charge on any atom is -0.449 e. The molecule has 17 nitrogen and oxygen atoms in total. The van der Waals surface area contributed by atoms with Crippen LogP contribution in [0, 0.1) is 11.8 Å². The van der Waals surface area contributed by atoms with E-state index in [0.29, 0.717) is 36.9 Å². The number of methoxy groups -OCH3 is 1. The van der Waals surface area contributed by atoms with Crippen molar-refractivity contribution in [2.45, 2.75) is 78.9 Å². The van der Waals surface area contributed by atoms with Crippen molar-refractivity contribution in [3.63, 3.8) is 0 Å². The Morgan fingerprint density at radius 2 is 1.55 bits per heavy atom. The lowest BCUT2D eigenvalue weighted by atomic mass is 10.1. The zero-order valence-electron chi connectivity index (χ0n) is 33.0. The number of rotatable bonds is 18. The molecule has 56 heavy (non-hydrogen) atoms. The first-order valence-corrected chi connectivity index (χ1v) is 20.4. The molecule has 1 aromatic heterocycles. The Hall–Kier alpha value is -4.73. The number of hydrogen-bond acceptors (Lipinski definition) is 14. The molecule has 2 aliphatic heterocycles. The minimum absolute atomic E-state index is 0.00494. The Labute approximate surface area is 328 Å². The summed E-state index contributed by atoms with van der Waals surface area (Å²) >= 11 is 0. The van der Waals surface area contributed by atoms with Gasteiger partial charge < -0.3 is 39.0 Å². The summed E-state index contributed by atoms with van der Waals surface area (Å²) in [5, 5.41) is 2.79. The highest BCUT2D eigenvalue weighted by Gasteiger charge is 2.37. The summed E-state index contributed by atoms with van der Waals surface area (Å²) in [6.07, 6.45) is 1.47. The molecule has 2 aliphatic rings. The molecule has 1 unspecified atom stereocenters. The Morgan fingerprint density at radius 3 is 2.14 bits per heavy atom. The number of amides is 3. The number of nitrogens with one attached hydrogen (secondary N) is 1. The average Bonchev–Trinajstić information content (AvgIpc) is 3.69. The fraction of sp³-hybridized carbons (Fsp3) is 0.605. The molecule has 2 aromatic rings. The maximum absolute atomic E-state index is 14.1. The molecule has 3 atom stereocenters. The van der Waals surface area contributed by atoms with Crippen molar-refractivity contribution in [1.82, 2.24) is 25.1 Å². The smallest absolute Gasteiger partial charge is 0.449 e. The molecule has 0 bridgehead atoms. The van der Waals surface area contributed by atoms with Crippen LogP contribution >= 0.6 is 8.03 Å². The van der Waals surface area contributed by atoms with Crippen molar-refractivity contribution >= 4 is 43.7 Å². The van der Waals surface area contributed by atoms with E-state index in [1.807, 2.05) is 42.2 Å². The molecule has 3 heterocycles. The largest absolute Gasteiger partial charge is 0.515 e. The number of nitrogens with zero attached hydrogens (tertiary/aromatic N) is 5. The van der Waals surface area contributed by atoms with Gasteiger partial charge in [0.2, 0.25) is 5.91 Å². The van der Waals surface area contributed by atoms with Crippen LogP contribution in [0.3, 0.4) is 0 Å². The summed E-state index contributed by atoms with van der Waals surface area (Å²) in [6, 6.07) is 9.53. The number of benzene rings is 1. The Morgan fingerprint density at radius 1 is 0.911 bits per heavy atom. The quantitative estimate of drug-likeness (QED) is 0.0965. The highest BCUT2D eigenvalue weighted by molar-refractivity contribution is 7.39. The summed E-state index contributed by atoms with van der Waals surface area (Å²) in [7, 11) is -1.04. The first kappa shape index (κ1) is 44.0. The van der Waals surface area contributed by atoms with E-state index in [9.17, 15) is 28.5 Å². The van der Waals surface area contributed by atoms with E-state index in [4.69, 9.17) is 28.5 Å². The van der Waals surface area contributed by atoms with E-state index < -0.39 is 62.2 Å². The number of carbonyl (C=O) groups is 5. The monoisotopic (exact) mass is 801 g/mol. The molecule has 0 spiro atoms. The van der Waals surface area contributed by atoms with E-state index in [1.54, 1.807) is 40.9 Å². The Kier molecular flexibility index (Phi) is 16.9. The van der Waals surface area contributed by atoms with E-state index in [2.05, 4.69) is 10.3 Å². The maximum atomic E-state index is 14.1. The topological polar surface area (TPSA) is 196 Å². The molecular formula is C38H54N6O11P+. The van der Waals surface area contributed by atoms with E-state index in [0.717, 1.165) is 19.3 Å².